The second kappa shape index (κ2) is 6.56. The molecule has 2 aromatic carbocycles. The number of aryl methyl sites for hydroxylation is 1. The molecule has 0 saturated heterocycles. The van der Waals surface area contributed by atoms with Crippen LogP contribution in [0, 0.1) is 6.92 Å². The Balaban J connectivity index is 1.63. The minimum absolute atomic E-state index is 0.174. The van der Waals surface area contributed by atoms with Gasteiger partial charge in [-0.3, -0.25) is 4.98 Å². The van der Waals surface area contributed by atoms with Crippen molar-refractivity contribution in [1.82, 2.24) is 19.7 Å². The molecule has 6 heteroatoms. The molecule has 2 aliphatic heterocycles. The van der Waals surface area contributed by atoms with Gasteiger partial charge in [0.15, 0.2) is 0 Å². The molecule has 0 fully saturated rings. The van der Waals surface area contributed by atoms with Crippen molar-refractivity contribution in [2.24, 2.45) is 0 Å². The Morgan fingerprint density at radius 2 is 1.83 bits per heavy atom. The smallest absolute Gasteiger partial charge is 0.226 e. The van der Waals surface area contributed by atoms with Crippen LogP contribution < -0.4 is 10.1 Å². The van der Waals surface area contributed by atoms with Crippen molar-refractivity contribution in [3.63, 3.8) is 0 Å². The third-order valence-electron chi connectivity index (χ3n) is 5.70. The van der Waals surface area contributed by atoms with Crippen LogP contribution in [0.2, 0.25) is 0 Å². The van der Waals surface area contributed by atoms with Crippen molar-refractivity contribution in [3.8, 4) is 5.75 Å². The Morgan fingerprint density at radius 3 is 2.67 bits per heavy atom. The van der Waals surface area contributed by atoms with Gasteiger partial charge in [0.2, 0.25) is 5.95 Å². The molecule has 2 atom stereocenters. The van der Waals surface area contributed by atoms with Crippen LogP contribution in [0.15, 0.2) is 85.0 Å². The summed E-state index contributed by atoms with van der Waals surface area (Å²) in [5.74, 6) is 1.56. The molecule has 2 aromatic heterocycles. The highest BCUT2D eigenvalue weighted by Gasteiger charge is 2.40. The molecule has 4 heterocycles. The largest absolute Gasteiger partial charge is 0.480 e. The van der Waals surface area contributed by atoms with Crippen molar-refractivity contribution >= 4 is 11.6 Å². The van der Waals surface area contributed by atoms with E-state index >= 15 is 0 Å². The quantitative estimate of drug-likeness (QED) is 0.542. The number of hydrogen-bond acceptors (Lipinski definition) is 5. The van der Waals surface area contributed by atoms with E-state index in [1.165, 1.54) is 5.56 Å². The predicted octanol–water partition coefficient (Wildman–Crippen LogP) is 4.54. The van der Waals surface area contributed by atoms with Gasteiger partial charge in [0, 0.05) is 23.5 Å². The van der Waals surface area contributed by atoms with Crippen molar-refractivity contribution in [1.29, 1.82) is 0 Å². The fraction of sp³-hybridized carbons (Fsp3) is 0.125. The number of benzene rings is 2. The lowest BCUT2D eigenvalue weighted by atomic mass is 9.85. The summed E-state index contributed by atoms with van der Waals surface area (Å²) in [5.41, 5.74) is 6.51. The van der Waals surface area contributed by atoms with Crippen LogP contribution in [0.4, 0.5) is 5.95 Å². The lowest BCUT2D eigenvalue weighted by Gasteiger charge is -2.38. The maximum absolute atomic E-state index is 6.59. The molecule has 2 aliphatic rings. The van der Waals surface area contributed by atoms with E-state index < -0.39 is 0 Å². The van der Waals surface area contributed by atoms with E-state index in [2.05, 4.69) is 63.7 Å². The topological polar surface area (TPSA) is 64.9 Å². The molecule has 0 saturated carbocycles. The standard InChI is InChI=1S/C24H19N5O/c1-15-8-10-16(11-9-15)23-20-21(18-6-2-3-7-19(18)30-23)28-24-26-14-27-29(24)22(20)17-5-4-12-25-13-17/h2-14,22-23H,1H3,(H,26,27,28). The third-order valence-corrected chi connectivity index (χ3v) is 5.70. The van der Waals surface area contributed by atoms with E-state index in [-0.39, 0.29) is 12.1 Å². The van der Waals surface area contributed by atoms with Gasteiger partial charge < -0.3 is 10.1 Å². The summed E-state index contributed by atoms with van der Waals surface area (Å²) in [4.78, 5) is 8.81. The summed E-state index contributed by atoms with van der Waals surface area (Å²) >= 11 is 0. The van der Waals surface area contributed by atoms with Crippen LogP contribution >= 0.6 is 0 Å². The first-order valence-corrected chi connectivity index (χ1v) is 9.93. The fourth-order valence-electron chi connectivity index (χ4n) is 4.29. The van der Waals surface area contributed by atoms with Crippen LogP contribution in [-0.2, 0) is 0 Å². The lowest BCUT2D eigenvalue weighted by Crippen LogP contribution is -2.32. The molecule has 6 rings (SSSR count). The molecule has 1 N–H and O–H groups in total. The number of rotatable bonds is 2. The lowest BCUT2D eigenvalue weighted by molar-refractivity contribution is 0.223. The van der Waals surface area contributed by atoms with Crippen molar-refractivity contribution in [2.45, 2.75) is 19.1 Å². The van der Waals surface area contributed by atoms with Crippen LogP contribution in [0.3, 0.4) is 0 Å². The van der Waals surface area contributed by atoms with Crippen molar-refractivity contribution in [3.05, 3.63) is 107 Å². The van der Waals surface area contributed by atoms with Gasteiger partial charge in [0.05, 0.1) is 5.70 Å². The zero-order valence-electron chi connectivity index (χ0n) is 16.4. The average molecular weight is 393 g/mol. The number of para-hydroxylation sites is 1. The first-order chi connectivity index (χ1) is 14.8. The Labute approximate surface area is 173 Å². The zero-order valence-corrected chi connectivity index (χ0v) is 16.4. The fourth-order valence-corrected chi connectivity index (χ4v) is 4.29. The van der Waals surface area contributed by atoms with Gasteiger partial charge in [0.1, 0.15) is 24.2 Å². The van der Waals surface area contributed by atoms with Gasteiger partial charge in [-0.25, -0.2) is 4.68 Å². The molecule has 146 valence electrons. The Bertz CT molecular complexity index is 1260. The summed E-state index contributed by atoms with van der Waals surface area (Å²) in [6.45, 7) is 2.09. The number of ether oxygens (including phenoxy) is 1. The summed E-state index contributed by atoms with van der Waals surface area (Å²) in [7, 11) is 0. The van der Waals surface area contributed by atoms with E-state index in [0.29, 0.717) is 5.95 Å². The van der Waals surface area contributed by atoms with Gasteiger partial charge >= 0.3 is 0 Å². The molecule has 2 unspecified atom stereocenters. The highest BCUT2D eigenvalue weighted by Crippen LogP contribution is 2.50. The SMILES string of the molecule is Cc1ccc(C2Oc3ccccc3C3=C2C(c2cccnc2)n2ncnc2N3)cc1. The zero-order chi connectivity index (χ0) is 20.1. The van der Waals surface area contributed by atoms with Crippen LogP contribution in [0.1, 0.15) is 34.4 Å². The normalized spacial score (nSPS) is 19.2. The molecule has 4 aromatic rings. The number of pyridine rings is 1. The van der Waals surface area contributed by atoms with Gasteiger partial charge in [0.25, 0.3) is 0 Å². The number of hydrogen-bond donors (Lipinski definition) is 1. The van der Waals surface area contributed by atoms with Crippen LogP contribution in [0.5, 0.6) is 5.75 Å². The molecular formula is C24H19N5O. The van der Waals surface area contributed by atoms with Crippen molar-refractivity contribution in [2.75, 3.05) is 5.32 Å². The molecule has 0 aliphatic carbocycles. The molecule has 30 heavy (non-hydrogen) atoms. The highest BCUT2D eigenvalue weighted by atomic mass is 16.5. The highest BCUT2D eigenvalue weighted by molar-refractivity contribution is 5.85. The summed E-state index contributed by atoms with van der Waals surface area (Å²) in [6, 6.07) is 20.5. The Kier molecular flexibility index (Phi) is 3.71. The van der Waals surface area contributed by atoms with E-state index in [1.54, 1.807) is 12.5 Å². The molecule has 0 radical (unpaired) electrons. The minimum Gasteiger partial charge on any atom is -0.480 e. The number of anilines is 1. The van der Waals surface area contributed by atoms with Crippen LogP contribution in [-0.4, -0.2) is 19.7 Å². The Morgan fingerprint density at radius 1 is 0.967 bits per heavy atom. The minimum atomic E-state index is -0.259. The second-order valence-corrected chi connectivity index (χ2v) is 7.58. The monoisotopic (exact) mass is 393 g/mol. The van der Waals surface area contributed by atoms with Gasteiger partial charge in [-0.05, 0) is 36.2 Å². The maximum atomic E-state index is 6.59. The van der Waals surface area contributed by atoms with Crippen LogP contribution in [0.25, 0.3) is 5.70 Å². The average Bonchev–Trinajstić information content (AvgIpc) is 3.26. The number of nitrogens with one attached hydrogen (secondary N) is 1. The maximum Gasteiger partial charge on any atom is 0.226 e. The first kappa shape index (κ1) is 17.0. The summed E-state index contributed by atoms with van der Waals surface area (Å²) in [5, 5.41) is 8.04. The number of nitrogens with zero attached hydrogens (tertiary/aromatic N) is 4. The van der Waals surface area contributed by atoms with Gasteiger partial charge in [-0.15, -0.1) is 0 Å². The number of fused-ring (bicyclic) bond motifs is 3. The Hall–Kier alpha value is -3.93. The van der Waals surface area contributed by atoms with Crippen molar-refractivity contribution < 1.29 is 4.74 Å². The third kappa shape index (κ3) is 2.54. The second-order valence-electron chi connectivity index (χ2n) is 7.58. The molecule has 0 bridgehead atoms. The molecule has 6 nitrogen and oxygen atoms in total. The summed E-state index contributed by atoms with van der Waals surface area (Å²) < 4.78 is 8.50. The summed E-state index contributed by atoms with van der Waals surface area (Å²) in [6.07, 6.45) is 4.99. The van der Waals surface area contributed by atoms with E-state index in [0.717, 1.165) is 33.7 Å². The van der Waals surface area contributed by atoms with E-state index in [9.17, 15) is 0 Å². The van der Waals surface area contributed by atoms with E-state index in [1.807, 2.05) is 35.1 Å². The molecular weight excluding hydrogens is 374 g/mol. The molecule has 0 spiro atoms. The molecule has 0 amide bonds. The van der Waals surface area contributed by atoms with E-state index in [4.69, 9.17) is 4.74 Å². The van der Waals surface area contributed by atoms with Gasteiger partial charge in [-0.1, -0.05) is 48.0 Å². The number of aromatic nitrogens is 4. The predicted molar refractivity (Wildman–Crippen MR) is 114 cm³/mol. The van der Waals surface area contributed by atoms with Gasteiger partial charge in [-0.2, -0.15) is 10.1 Å². The first-order valence-electron chi connectivity index (χ1n) is 9.93.